The molecule has 3 heterocycles. The first-order chi connectivity index (χ1) is 33.3. The second-order valence-electron chi connectivity index (χ2n) is 22.0. The fraction of sp³-hybridized carbons (Fsp3) is 0.200. The Bertz CT molecular complexity index is 3530. The first kappa shape index (κ1) is 48.9. The number of aromatic hydroxyl groups is 2. The summed E-state index contributed by atoms with van der Waals surface area (Å²) in [5.74, 6) is 0.232. The fourth-order valence-corrected chi connectivity index (χ4v) is 9.50. The van der Waals surface area contributed by atoms with Crippen molar-refractivity contribution in [2.75, 3.05) is 0 Å². The van der Waals surface area contributed by atoms with Gasteiger partial charge in [0, 0.05) is 43.0 Å². The molecule has 0 radical (unpaired) electrons. The van der Waals surface area contributed by atoms with Crippen LogP contribution in [0, 0.1) is 6.92 Å². The normalized spacial score (nSPS) is 12.1. The van der Waals surface area contributed by atoms with E-state index in [9.17, 15) is 10.2 Å². The summed E-state index contributed by atoms with van der Waals surface area (Å²) >= 11 is 0. The Hall–Kier alpha value is -7.07. The molecule has 0 aliphatic heterocycles. The molecule has 0 unspecified atom stereocenters. The van der Waals surface area contributed by atoms with Crippen LogP contribution >= 0.6 is 0 Å². The molecular formula is C65H60N2O3Pt. The van der Waals surface area contributed by atoms with Crippen molar-refractivity contribution in [3.63, 3.8) is 0 Å². The predicted molar refractivity (Wildman–Crippen MR) is 292 cm³/mol. The Balaban J connectivity index is 0.00000624. The van der Waals surface area contributed by atoms with Crippen LogP contribution in [0.4, 0.5) is 0 Å². The molecule has 0 fully saturated rings. The minimum absolute atomic E-state index is 0. The van der Waals surface area contributed by atoms with E-state index in [1.54, 1.807) is 12.1 Å². The summed E-state index contributed by atoms with van der Waals surface area (Å²) in [7, 11) is 0. The summed E-state index contributed by atoms with van der Waals surface area (Å²) in [4.78, 5) is 10.7. The van der Waals surface area contributed by atoms with Crippen LogP contribution in [0.1, 0.15) is 84.6 Å². The Morgan fingerprint density at radius 1 is 0.366 bits per heavy atom. The third kappa shape index (κ3) is 9.73. The molecule has 0 spiro atoms. The van der Waals surface area contributed by atoms with Crippen LogP contribution in [-0.4, -0.2) is 20.2 Å². The number of aromatic nitrogens is 2. The molecule has 0 saturated carbocycles. The number of furan rings is 1. The zero-order valence-electron chi connectivity index (χ0n) is 42.2. The monoisotopic (exact) mass is 1110 g/mol. The molecule has 0 bridgehead atoms. The van der Waals surface area contributed by atoms with Crippen molar-refractivity contribution in [3.05, 3.63) is 192 Å². The average molecular weight is 1110 g/mol. The molecule has 2 N–H and O–H groups in total. The second-order valence-corrected chi connectivity index (χ2v) is 22.0. The molecule has 10 rings (SSSR count). The van der Waals surface area contributed by atoms with E-state index in [-0.39, 0.29) is 48.8 Å². The molecule has 7 aromatic carbocycles. The van der Waals surface area contributed by atoms with Crippen molar-refractivity contribution in [2.24, 2.45) is 0 Å². The van der Waals surface area contributed by atoms with Gasteiger partial charge in [0.15, 0.2) is 0 Å². The van der Waals surface area contributed by atoms with Gasteiger partial charge in [-0.15, -0.1) is 0 Å². The predicted octanol–water partition coefficient (Wildman–Crippen LogP) is 17.7. The van der Waals surface area contributed by atoms with Gasteiger partial charge in [-0.2, -0.15) is 0 Å². The maximum absolute atomic E-state index is 11.9. The van der Waals surface area contributed by atoms with Crippen molar-refractivity contribution in [1.82, 2.24) is 9.97 Å². The van der Waals surface area contributed by atoms with E-state index in [2.05, 4.69) is 178 Å². The quantitative estimate of drug-likeness (QED) is 0.166. The number of nitrogens with zero attached hydrogens (tertiary/aromatic N) is 2. The van der Waals surface area contributed by atoms with E-state index >= 15 is 0 Å². The van der Waals surface area contributed by atoms with Gasteiger partial charge in [0.05, 0.1) is 22.8 Å². The van der Waals surface area contributed by atoms with Crippen molar-refractivity contribution in [3.8, 4) is 89.9 Å². The van der Waals surface area contributed by atoms with Gasteiger partial charge in [-0.25, -0.2) is 9.97 Å². The van der Waals surface area contributed by atoms with E-state index in [0.29, 0.717) is 39.5 Å². The zero-order valence-corrected chi connectivity index (χ0v) is 44.5. The van der Waals surface area contributed by atoms with Gasteiger partial charge < -0.3 is 14.6 Å². The number of aryl methyl sites for hydroxylation is 1. The topological polar surface area (TPSA) is 79.4 Å². The molecule has 358 valence electrons. The third-order valence-corrected chi connectivity index (χ3v) is 13.6. The van der Waals surface area contributed by atoms with Crippen LogP contribution in [0.3, 0.4) is 0 Å². The van der Waals surface area contributed by atoms with Gasteiger partial charge in [0.2, 0.25) is 0 Å². The van der Waals surface area contributed by atoms with Crippen molar-refractivity contribution < 1.29 is 35.7 Å². The molecule has 0 atom stereocenters. The molecular weight excluding hydrogens is 1050 g/mol. The molecule has 3 aromatic heterocycles. The SMILES string of the molecule is Cc1cc(-c2cc(-c3cc(C(C)(C)C)cc(C(C)(C)C)c3)cc(-c3cc4oc5ccccc5c4cc3O)n2)nc(-c2cc(-c3c(-c4ccccc4)cc(C(C)(C)C)cc3-c3ccccc3)ccc2O)c1.[Pt]. The van der Waals surface area contributed by atoms with Gasteiger partial charge in [0.1, 0.15) is 22.7 Å². The first-order valence-corrected chi connectivity index (χ1v) is 24.2. The summed E-state index contributed by atoms with van der Waals surface area (Å²) in [6.07, 6.45) is 0. The minimum Gasteiger partial charge on any atom is -0.507 e. The minimum atomic E-state index is -0.110. The average Bonchev–Trinajstić information content (AvgIpc) is 3.70. The zero-order chi connectivity index (χ0) is 49.3. The Morgan fingerprint density at radius 2 is 0.845 bits per heavy atom. The maximum Gasteiger partial charge on any atom is 0.136 e. The Labute approximate surface area is 432 Å². The number of benzene rings is 7. The van der Waals surface area contributed by atoms with Gasteiger partial charge in [-0.05, 0) is 157 Å². The smallest absolute Gasteiger partial charge is 0.136 e. The summed E-state index contributed by atoms with van der Waals surface area (Å²) in [6.45, 7) is 22.3. The summed E-state index contributed by atoms with van der Waals surface area (Å²) < 4.78 is 6.35. The van der Waals surface area contributed by atoms with Crippen molar-refractivity contribution in [2.45, 2.75) is 85.5 Å². The number of pyridine rings is 2. The number of rotatable bonds is 7. The number of para-hydroxylation sites is 1. The number of fused-ring (bicyclic) bond motifs is 3. The van der Waals surface area contributed by atoms with Crippen molar-refractivity contribution in [1.29, 1.82) is 0 Å². The van der Waals surface area contributed by atoms with Crippen LogP contribution < -0.4 is 0 Å². The summed E-state index contributed by atoms with van der Waals surface area (Å²) in [5, 5.41) is 25.5. The van der Waals surface area contributed by atoms with E-state index in [0.717, 1.165) is 66.4 Å². The number of phenolic OH excluding ortho intramolecular Hbond substituents is 2. The molecule has 71 heavy (non-hydrogen) atoms. The van der Waals surface area contributed by atoms with E-state index in [1.807, 2.05) is 48.5 Å². The van der Waals surface area contributed by atoms with Crippen LogP contribution in [0.5, 0.6) is 11.5 Å². The van der Waals surface area contributed by atoms with Gasteiger partial charge in [-0.3, -0.25) is 0 Å². The van der Waals surface area contributed by atoms with Gasteiger partial charge in [0.25, 0.3) is 0 Å². The van der Waals surface area contributed by atoms with E-state index in [1.165, 1.54) is 16.7 Å². The van der Waals surface area contributed by atoms with Gasteiger partial charge in [-0.1, -0.05) is 165 Å². The van der Waals surface area contributed by atoms with E-state index in [4.69, 9.17) is 14.4 Å². The van der Waals surface area contributed by atoms with E-state index < -0.39 is 0 Å². The fourth-order valence-electron chi connectivity index (χ4n) is 9.50. The summed E-state index contributed by atoms with van der Waals surface area (Å²) in [5.41, 5.74) is 17.9. The van der Waals surface area contributed by atoms with Gasteiger partial charge >= 0.3 is 0 Å². The van der Waals surface area contributed by atoms with Crippen LogP contribution in [0.25, 0.3) is 100 Å². The Kier molecular flexibility index (Phi) is 12.8. The molecule has 6 heteroatoms. The van der Waals surface area contributed by atoms with Crippen LogP contribution in [0.15, 0.2) is 174 Å². The molecule has 5 nitrogen and oxygen atoms in total. The number of phenols is 2. The maximum atomic E-state index is 11.9. The molecule has 0 saturated heterocycles. The second kappa shape index (κ2) is 18.6. The third-order valence-electron chi connectivity index (χ3n) is 13.6. The molecule has 0 amide bonds. The number of hydrogen-bond acceptors (Lipinski definition) is 5. The van der Waals surface area contributed by atoms with Crippen molar-refractivity contribution >= 4 is 21.9 Å². The number of hydrogen-bond donors (Lipinski definition) is 2. The first-order valence-electron chi connectivity index (χ1n) is 24.2. The van der Waals surface area contributed by atoms with Crippen LogP contribution in [0.2, 0.25) is 0 Å². The standard InChI is InChI=1S/C65H60N2O3.Pt/c1-39-27-54(52-31-42(25-26-58(52)68)62-49(40-19-13-11-14-20-40)35-47(65(8,9)10)36-50(62)41-21-15-12-16-22-41)66-56(28-39)57-33-44(43-29-45(63(2,3)4)34-46(30-43)64(5,6)7)32-55(67-57)53-38-61-51(37-59(53)69)48-23-17-18-24-60(48)70-61;/h11-38,68-69H,1-10H3;. The molecule has 0 aliphatic rings. The molecule has 0 aliphatic carbocycles. The summed E-state index contributed by atoms with van der Waals surface area (Å²) in [6, 6.07) is 58.3. The largest absolute Gasteiger partial charge is 0.507 e. The van der Waals surface area contributed by atoms with Crippen LogP contribution in [-0.2, 0) is 37.3 Å². The Morgan fingerprint density at radius 3 is 1.44 bits per heavy atom. The molecule has 10 aromatic rings.